The molecule has 0 aromatic heterocycles. The van der Waals surface area contributed by atoms with E-state index in [1.54, 1.807) is 0 Å². The van der Waals surface area contributed by atoms with Crippen molar-refractivity contribution in [2.75, 3.05) is 33.0 Å². The highest BCUT2D eigenvalue weighted by Crippen LogP contribution is 2.43. The number of phosphoric acid groups is 1. The highest BCUT2D eigenvalue weighted by Gasteiger charge is 2.25. The molecule has 0 heterocycles. The molecule has 0 rings (SSSR count). The second kappa shape index (κ2) is 50.0. The van der Waals surface area contributed by atoms with Gasteiger partial charge in [0.25, 0.3) is 0 Å². The largest absolute Gasteiger partial charge is 0.472 e. The van der Waals surface area contributed by atoms with Crippen molar-refractivity contribution in [3.8, 4) is 0 Å². The molecule has 8 nitrogen and oxygen atoms in total. The van der Waals surface area contributed by atoms with Gasteiger partial charge in [0.1, 0.15) is 6.10 Å². The Morgan fingerprint density at radius 1 is 0.475 bits per heavy atom. The summed E-state index contributed by atoms with van der Waals surface area (Å²) in [7, 11) is -4.28. The van der Waals surface area contributed by atoms with E-state index in [2.05, 4.69) is 38.2 Å². The van der Waals surface area contributed by atoms with E-state index in [-0.39, 0.29) is 32.3 Å². The number of carbonyl (C=O) groups excluding carboxylic acids is 1. The molecule has 362 valence electrons. The second-order valence-corrected chi connectivity index (χ2v) is 19.2. The van der Waals surface area contributed by atoms with Gasteiger partial charge in [-0.05, 0) is 64.2 Å². The molecule has 61 heavy (non-hydrogen) atoms. The number of carbonyl (C=O) groups is 1. The number of allylic oxidation sites excluding steroid dienone is 4. The van der Waals surface area contributed by atoms with E-state index in [0.717, 1.165) is 32.1 Å². The van der Waals surface area contributed by atoms with E-state index in [4.69, 9.17) is 24.3 Å². The van der Waals surface area contributed by atoms with Crippen LogP contribution in [0.3, 0.4) is 0 Å². The molecule has 0 aliphatic heterocycles. The van der Waals surface area contributed by atoms with Gasteiger partial charge in [0.15, 0.2) is 0 Å². The number of esters is 1. The van der Waals surface area contributed by atoms with Crippen LogP contribution in [-0.4, -0.2) is 49.9 Å². The van der Waals surface area contributed by atoms with Crippen molar-refractivity contribution in [1.82, 2.24) is 0 Å². The fourth-order valence-electron chi connectivity index (χ4n) is 7.69. The van der Waals surface area contributed by atoms with Crippen molar-refractivity contribution in [1.29, 1.82) is 0 Å². The molecule has 3 N–H and O–H groups in total. The van der Waals surface area contributed by atoms with Crippen molar-refractivity contribution < 1.29 is 32.8 Å². The SMILES string of the molecule is CCCCCCCCC/C=C\CCCCCCCCCC(=O)OC(COCCCCCCCCCCCCCC/C=C\CCCCCCCCCC)COP(=O)(O)OCCN. The summed E-state index contributed by atoms with van der Waals surface area (Å²) >= 11 is 0. The summed E-state index contributed by atoms with van der Waals surface area (Å²) in [5, 5.41) is 0. The maximum Gasteiger partial charge on any atom is 0.472 e. The first kappa shape index (κ1) is 60.0. The quantitative estimate of drug-likeness (QED) is 0.0268. The lowest BCUT2D eigenvalue weighted by molar-refractivity contribution is -0.154. The summed E-state index contributed by atoms with van der Waals surface area (Å²) in [6, 6.07) is 0. The highest BCUT2D eigenvalue weighted by atomic mass is 31.2. The van der Waals surface area contributed by atoms with Gasteiger partial charge in [-0.25, -0.2) is 4.57 Å². The van der Waals surface area contributed by atoms with Crippen molar-refractivity contribution >= 4 is 13.8 Å². The Morgan fingerprint density at radius 2 is 0.820 bits per heavy atom. The van der Waals surface area contributed by atoms with Crippen LogP contribution in [0.15, 0.2) is 24.3 Å². The smallest absolute Gasteiger partial charge is 0.457 e. The Labute approximate surface area is 378 Å². The van der Waals surface area contributed by atoms with E-state index in [0.29, 0.717) is 13.0 Å². The van der Waals surface area contributed by atoms with Gasteiger partial charge in [-0.3, -0.25) is 13.8 Å². The standard InChI is InChI=1S/C52H102NO7P/c1-3-5-7-9-11-13-15-17-19-21-23-24-25-26-27-28-30-32-34-36-38-40-42-44-47-57-49-51(50-59-61(55,56)58-48-46-53)60-52(54)45-43-41-39-37-35-33-31-29-22-20-18-16-14-12-10-8-6-4-2/h20-23,51H,3-19,24-50,53H2,1-2H3,(H,55,56)/b22-20-,23-21-. The first-order chi connectivity index (χ1) is 29.9. The minimum Gasteiger partial charge on any atom is -0.457 e. The van der Waals surface area contributed by atoms with Crippen LogP contribution in [0, 0.1) is 0 Å². The predicted molar refractivity (Wildman–Crippen MR) is 261 cm³/mol. The van der Waals surface area contributed by atoms with E-state index >= 15 is 0 Å². The molecule has 0 aliphatic carbocycles. The zero-order valence-corrected chi connectivity index (χ0v) is 41.3. The fourth-order valence-corrected chi connectivity index (χ4v) is 8.46. The Morgan fingerprint density at radius 3 is 1.20 bits per heavy atom. The van der Waals surface area contributed by atoms with Crippen LogP contribution in [-0.2, 0) is 27.9 Å². The van der Waals surface area contributed by atoms with Gasteiger partial charge in [0.05, 0.1) is 19.8 Å². The van der Waals surface area contributed by atoms with Gasteiger partial charge in [-0.1, -0.05) is 218 Å². The van der Waals surface area contributed by atoms with Gasteiger partial charge in [-0.2, -0.15) is 0 Å². The number of hydrogen-bond donors (Lipinski definition) is 2. The third-order valence-corrected chi connectivity index (χ3v) is 12.6. The third-order valence-electron chi connectivity index (χ3n) is 11.6. The lowest BCUT2D eigenvalue weighted by Crippen LogP contribution is -2.28. The van der Waals surface area contributed by atoms with Crippen molar-refractivity contribution in [2.45, 2.75) is 270 Å². The molecule has 0 bridgehead atoms. The summed E-state index contributed by atoms with van der Waals surface area (Å²) in [4.78, 5) is 22.6. The number of hydrogen-bond acceptors (Lipinski definition) is 7. The molecule has 2 unspecified atom stereocenters. The van der Waals surface area contributed by atoms with Crippen LogP contribution >= 0.6 is 7.82 Å². The van der Waals surface area contributed by atoms with Crippen molar-refractivity contribution in [3.63, 3.8) is 0 Å². The van der Waals surface area contributed by atoms with Crippen LogP contribution in [0.5, 0.6) is 0 Å². The number of rotatable bonds is 51. The van der Waals surface area contributed by atoms with Crippen LogP contribution in [0.25, 0.3) is 0 Å². The zero-order valence-electron chi connectivity index (χ0n) is 40.4. The molecule has 0 aromatic carbocycles. The number of unbranched alkanes of at least 4 members (excludes halogenated alkanes) is 34. The summed E-state index contributed by atoms with van der Waals surface area (Å²) in [5.41, 5.74) is 5.39. The molecule has 0 spiro atoms. The van der Waals surface area contributed by atoms with Crippen molar-refractivity contribution in [2.24, 2.45) is 5.73 Å². The van der Waals surface area contributed by atoms with Gasteiger partial charge >= 0.3 is 13.8 Å². The average molecular weight is 884 g/mol. The van der Waals surface area contributed by atoms with Crippen LogP contribution < -0.4 is 5.73 Å². The van der Waals surface area contributed by atoms with Crippen LogP contribution in [0.4, 0.5) is 0 Å². The first-order valence-corrected chi connectivity index (χ1v) is 27.8. The monoisotopic (exact) mass is 884 g/mol. The van der Waals surface area contributed by atoms with E-state index < -0.39 is 13.9 Å². The van der Waals surface area contributed by atoms with Gasteiger partial charge in [0, 0.05) is 19.6 Å². The molecular formula is C52H102NO7P. The third kappa shape index (κ3) is 49.8. The lowest BCUT2D eigenvalue weighted by Gasteiger charge is -2.20. The maximum absolute atomic E-state index is 12.6. The van der Waals surface area contributed by atoms with Crippen LogP contribution in [0.2, 0.25) is 0 Å². The molecule has 0 saturated carbocycles. The number of phosphoric ester groups is 1. The molecule has 0 amide bonds. The molecule has 0 saturated heterocycles. The zero-order chi connectivity index (χ0) is 44.4. The minimum atomic E-state index is -4.28. The molecular weight excluding hydrogens is 782 g/mol. The molecule has 0 radical (unpaired) electrons. The van der Waals surface area contributed by atoms with Crippen LogP contribution in [0.1, 0.15) is 264 Å². The topological polar surface area (TPSA) is 117 Å². The summed E-state index contributed by atoms with van der Waals surface area (Å²) in [6.07, 6.45) is 57.9. The highest BCUT2D eigenvalue weighted by molar-refractivity contribution is 7.47. The van der Waals surface area contributed by atoms with Gasteiger partial charge < -0.3 is 20.1 Å². The number of nitrogens with two attached hydrogens (primary N) is 1. The summed E-state index contributed by atoms with van der Waals surface area (Å²) in [6.45, 7) is 4.97. The molecule has 0 aliphatic rings. The van der Waals surface area contributed by atoms with Gasteiger partial charge in [0.2, 0.25) is 0 Å². The van der Waals surface area contributed by atoms with E-state index in [9.17, 15) is 14.3 Å². The molecule has 2 atom stereocenters. The Balaban J connectivity index is 3.89. The van der Waals surface area contributed by atoms with Gasteiger partial charge in [-0.15, -0.1) is 0 Å². The van der Waals surface area contributed by atoms with E-state index in [1.807, 2.05) is 0 Å². The van der Waals surface area contributed by atoms with Crippen molar-refractivity contribution in [3.05, 3.63) is 24.3 Å². The average Bonchev–Trinajstić information content (AvgIpc) is 3.25. The first-order valence-electron chi connectivity index (χ1n) is 26.3. The van der Waals surface area contributed by atoms with E-state index in [1.165, 1.54) is 212 Å². The maximum atomic E-state index is 12.6. The Kier molecular flexibility index (Phi) is 49.2. The molecule has 9 heteroatoms. The Bertz CT molecular complexity index is 993. The lowest BCUT2D eigenvalue weighted by atomic mass is 10.0. The summed E-state index contributed by atoms with van der Waals surface area (Å²) < 4.78 is 33.6. The Hall–Kier alpha value is -1.02. The number of ether oxygens (including phenoxy) is 2. The second-order valence-electron chi connectivity index (χ2n) is 17.7. The molecule has 0 aromatic rings. The molecule has 0 fully saturated rings. The minimum absolute atomic E-state index is 0.0944. The predicted octanol–water partition coefficient (Wildman–Crippen LogP) is 16.4. The normalized spacial score (nSPS) is 13.4. The summed E-state index contributed by atoms with van der Waals surface area (Å²) in [5.74, 6) is -0.330. The fraction of sp³-hybridized carbons (Fsp3) is 0.904.